The number of hydrogen-bond donors (Lipinski definition) is 3. The number of nitrogens with zero attached hydrogens (tertiary/aromatic N) is 1. The summed E-state index contributed by atoms with van der Waals surface area (Å²) < 4.78 is 31.6. The minimum Gasteiger partial charge on any atom is -0.462 e. The van der Waals surface area contributed by atoms with Crippen LogP contribution in [0.3, 0.4) is 0 Å². The number of aliphatic hydroxyl groups is 3. The van der Waals surface area contributed by atoms with E-state index in [9.17, 15) is 24.9 Å². The van der Waals surface area contributed by atoms with Crippen molar-refractivity contribution in [3.63, 3.8) is 0 Å². The normalized spacial score (nSPS) is 41.9. The molecule has 2 bridgehead atoms. The minimum atomic E-state index is -2.12. The van der Waals surface area contributed by atoms with Crippen LogP contribution >= 0.6 is 0 Å². The molecule has 0 amide bonds. The number of aliphatic hydroxyl groups excluding tert-OH is 2. The molecular formula is C41H53NO11. The van der Waals surface area contributed by atoms with Crippen molar-refractivity contribution in [1.29, 1.82) is 0 Å². The van der Waals surface area contributed by atoms with E-state index in [4.69, 9.17) is 28.5 Å². The van der Waals surface area contributed by atoms with Gasteiger partial charge >= 0.3 is 11.9 Å². The largest absolute Gasteiger partial charge is 0.462 e. The van der Waals surface area contributed by atoms with Gasteiger partial charge in [-0.1, -0.05) is 86.6 Å². The van der Waals surface area contributed by atoms with Gasteiger partial charge in [-0.15, -0.1) is 0 Å². The minimum absolute atomic E-state index is 0.00101. The first-order valence-electron chi connectivity index (χ1n) is 18.7. The smallest absolute Gasteiger partial charge is 0.361 e. The van der Waals surface area contributed by atoms with Gasteiger partial charge in [-0.25, -0.2) is 4.79 Å². The molecule has 12 atom stereocenters. The van der Waals surface area contributed by atoms with E-state index in [0.717, 1.165) is 18.4 Å². The monoisotopic (exact) mass is 735 g/mol. The van der Waals surface area contributed by atoms with Gasteiger partial charge in [0.25, 0.3) is 0 Å². The summed E-state index contributed by atoms with van der Waals surface area (Å²) in [6.07, 6.45) is 5.68. The summed E-state index contributed by atoms with van der Waals surface area (Å²) in [5, 5.41) is 38.5. The van der Waals surface area contributed by atoms with Crippen molar-refractivity contribution >= 4 is 17.7 Å². The maximum atomic E-state index is 14.2. The number of benzene rings is 1. The molecule has 1 aromatic rings. The van der Waals surface area contributed by atoms with E-state index in [2.05, 4.69) is 19.0 Å². The third kappa shape index (κ3) is 7.81. The van der Waals surface area contributed by atoms with Crippen LogP contribution in [-0.4, -0.2) is 94.4 Å². The Morgan fingerprint density at radius 2 is 1.83 bits per heavy atom. The van der Waals surface area contributed by atoms with Gasteiger partial charge in [-0.2, -0.15) is 0 Å². The molecule has 288 valence electrons. The molecule has 4 aliphatic heterocycles. The van der Waals surface area contributed by atoms with Gasteiger partial charge in [0.1, 0.15) is 43.0 Å². The van der Waals surface area contributed by atoms with E-state index in [1.807, 2.05) is 26.0 Å². The summed E-state index contributed by atoms with van der Waals surface area (Å²) in [5.74, 6) is -3.73. The highest BCUT2D eigenvalue weighted by Gasteiger charge is 2.63. The third-order valence-electron chi connectivity index (χ3n) is 11.4. The summed E-state index contributed by atoms with van der Waals surface area (Å²) in [7, 11) is 1.36. The topological polar surface area (TPSA) is 163 Å². The number of ether oxygens (including phenoxy) is 5. The van der Waals surface area contributed by atoms with Crippen molar-refractivity contribution in [1.82, 2.24) is 0 Å². The van der Waals surface area contributed by atoms with E-state index in [1.54, 1.807) is 43.3 Å². The number of carbonyl (C=O) groups excluding carboxylic acids is 2. The Labute approximate surface area is 311 Å². The SMILES string of the molecule is CCC1OC2(CC[C@@H]1C)CC1CC(C/C=C(\C)C(OC(=O)/C(=N\OC)c3ccccc3)[C@@H](C)/C=C/C=C3\C(O)OC4[C@H](O)C(C)=CC(C(=O)O1)[C@]34O)O2. The molecule has 8 unspecified atom stereocenters. The molecule has 0 aromatic heterocycles. The maximum Gasteiger partial charge on any atom is 0.361 e. The average molecular weight is 736 g/mol. The van der Waals surface area contributed by atoms with E-state index >= 15 is 0 Å². The number of esters is 2. The molecule has 0 saturated carbocycles. The number of oxime groups is 1. The zero-order valence-corrected chi connectivity index (χ0v) is 31.3. The van der Waals surface area contributed by atoms with Crippen molar-refractivity contribution in [2.24, 2.45) is 22.9 Å². The molecule has 1 aromatic carbocycles. The van der Waals surface area contributed by atoms with Gasteiger partial charge in [-0.05, 0) is 50.2 Å². The zero-order valence-electron chi connectivity index (χ0n) is 31.3. The van der Waals surface area contributed by atoms with Crippen molar-refractivity contribution in [3.8, 4) is 0 Å². The highest BCUT2D eigenvalue weighted by atomic mass is 16.7. The van der Waals surface area contributed by atoms with E-state index in [1.165, 1.54) is 19.3 Å². The van der Waals surface area contributed by atoms with E-state index in [0.29, 0.717) is 42.7 Å². The van der Waals surface area contributed by atoms with E-state index in [-0.39, 0.29) is 17.4 Å². The van der Waals surface area contributed by atoms with Crippen LogP contribution in [0.4, 0.5) is 0 Å². The first-order chi connectivity index (χ1) is 25.3. The fourth-order valence-electron chi connectivity index (χ4n) is 8.49. The van der Waals surface area contributed by atoms with Crippen molar-refractivity contribution in [2.75, 3.05) is 7.11 Å². The molecule has 1 aliphatic carbocycles. The highest BCUT2D eigenvalue weighted by molar-refractivity contribution is 6.43. The molecule has 3 fully saturated rings. The lowest BCUT2D eigenvalue weighted by molar-refractivity contribution is -0.335. The molecule has 12 heteroatoms. The average Bonchev–Trinajstić information content (AvgIpc) is 3.40. The van der Waals surface area contributed by atoms with E-state index < -0.39 is 72.0 Å². The Balaban J connectivity index is 1.41. The summed E-state index contributed by atoms with van der Waals surface area (Å²) in [5.41, 5.74) is -0.411. The molecule has 5 aliphatic rings. The molecule has 3 N–H and O–H groups in total. The van der Waals surface area contributed by atoms with Crippen molar-refractivity contribution < 1.29 is 53.4 Å². The first kappa shape index (κ1) is 39.1. The van der Waals surface area contributed by atoms with Crippen LogP contribution in [0.5, 0.6) is 0 Å². The lowest BCUT2D eigenvalue weighted by atomic mass is 9.70. The standard InChI is InChI=1S/C41H53NO11/c1-7-32-23(2)18-19-40(53-32)22-29-21-28(52-40)17-16-25(4)35(50-39(46)33(42-48-6)27-13-9-8-10-14-27)24(3)12-11-15-30-37(44)51-36-34(43)26(5)20-31(38(45)49-29)41(30,36)47/h8-16,20,23-24,28-29,31-32,34-37,43-44,47H,7,17-19,21-22H2,1-6H3/b12-11+,25-16+,30-15+,42-33-/t23-,24-,28?,29?,31?,32?,34+,35?,36?,37?,40?,41+/m0/s1. The van der Waals surface area contributed by atoms with Crippen LogP contribution in [0.2, 0.25) is 0 Å². The second-order valence-electron chi connectivity index (χ2n) is 15.2. The lowest BCUT2D eigenvalue weighted by Gasteiger charge is -2.50. The summed E-state index contributed by atoms with van der Waals surface area (Å²) in [4.78, 5) is 32.9. The zero-order chi connectivity index (χ0) is 38.1. The number of hydrogen-bond acceptors (Lipinski definition) is 12. The number of fused-ring (bicyclic) bond motifs is 2. The fraction of sp³-hybridized carbons (Fsp3) is 0.585. The molecule has 6 rings (SSSR count). The molecule has 1 spiro atoms. The van der Waals surface area contributed by atoms with Crippen LogP contribution in [0.1, 0.15) is 78.7 Å². The Kier molecular flexibility index (Phi) is 11.8. The quantitative estimate of drug-likeness (QED) is 0.165. The van der Waals surface area contributed by atoms with Crippen molar-refractivity contribution in [3.05, 3.63) is 83.0 Å². The molecule has 0 radical (unpaired) electrons. The van der Waals surface area contributed by atoms with Gasteiger partial charge in [-0.3, -0.25) is 4.79 Å². The van der Waals surface area contributed by atoms with Gasteiger partial charge in [0.15, 0.2) is 17.8 Å². The van der Waals surface area contributed by atoms with Gasteiger partial charge in [0.2, 0.25) is 0 Å². The highest BCUT2D eigenvalue weighted by Crippen LogP contribution is 2.49. The number of rotatable bonds is 5. The van der Waals surface area contributed by atoms with Gasteiger partial charge in [0.05, 0.1) is 12.2 Å². The molecule has 4 heterocycles. The molecule has 12 nitrogen and oxygen atoms in total. The van der Waals surface area contributed by atoms with Crippen LogP contribution in [0, 0.1) is 17.8 Å². The van der Waals surface area contributed by atoms with Crippen LogP contribution in [0.25, 0.3) is 0 Å². The molecular weight excluding hydrogens is 682 g/mol. The van der Waals surface area contributed by atoms with Crippen LogP contribution < -0.4 is 0 Å². The van der Waals surface area contributed by atoms with Gasteiger partial charge < -0.3 is 43.8 Å². The second-order valence-corrected chi connectivity index (χ2v) is 15.2. The van der Waals surface area contributed by atoms with Gasteiger partial charge in [0, 0.05) is 36.3 Å². The second kappa shape index (κ2) is 16.0. The Bertz CT molecular complexity index is 1670. The summed E-state index contributed by atoms with van der Waals surface area (Å²) >= 11 is 0. The van der Waals surface area contributed by atoms with Crippen molar-refractivity contribution in [2.45, 2.75) is 127 Å². The predicted octanol–water partition coefficient (Wildman–Crippen LogP) is 4.82. The molecule has 53 heavy (non-hydrogen) atoms. The van der Waals surface area contributed by atoms with Crippen LogP contribution in [-0.2, 0) is 38.1 Å². The number of carbonyl (C=O) groups is 2. The Morgan fingerprint density at radius 3 is 2.55 bits per heavy atom. The number of allylic oxidation sites excluding steroid dienone is 2. The Hall–Kier alpha value is -3.65. The third-order valence-corrected chi connectivity index (χ3v) is 11.4. The fourth-order valence-corrected chi connectivity index (χ4v) is 8.49. The molecule has 3 saturated heterocycles. The Morgan fingerprint density at radius 1 is 1.08 bits per heavy atom. The predicted molar refractivity (Wildman–Crippen MR) is 194 cm³/mol. The lowest BCUT2D eigenvalue weighted by Crippen LogP contribution is -2.58. The maximum absolute atomic E-state index is 14.2. The van der Waals surface area contributed by atoms with Crippen LogP contribution in [0.15, 0.2) is 82.6 Å². The summed E-state index contributed by atoms with van der Waals surface area (Å²) in [6.45, 7) is 9.65. The summed E-state index contributed by atoms with van der Waals surface area (Å²) in [6, 6.07) is 8.89. The first-order valence-corrected chi connectivity index (χ1v) is 18.7.